The Balaban J connectivity index is 1.95. The maximum absolute atomic E-state index is 14.6. The minimum Gasteiger partial charge on any atom is -0.305 e. The summed E-state index contributed by atoms with van der Waals surface area (Å²) in [7, 11) is 0. The Morgan fingerprint density at radius 1 is 0.931 bits per heavy atom. The van der Waals surface area contributed by atoms with E-state index in [0.717, 1.165) is 19.3 Å². The summed E-state index contributed by atoms with van der Waals surface area (Å²) in [5.74, 6) is -7.09. The molecule has 0 unspecified atom stereocenters. The molecule has 5 nitrogen and oxygen atoms in total. The SMILES string of the molecule is CCc1c(F)c(F)c(C)c(F)c1-c1cnc(NC(=O)c2c(F)cncc2F)cn1. The Hall–Kier alpha value is -3.43. The molecule has 1 amide bonds. The summed E-state index contributed by atoms with van der Waals surface area (Å²) < 4.78 is 69.8. The molecule has 0 spiro atoms. The van der Waals surface area contributed by atoms with Crippen LogP contribution in [0.3, 0.4) is 0 Å². The fourth-order valence-electron chi connectivity index (χ4n) is 2.75. The van der Waals surface area contributed by atoms with Crippen LogP contribution in [0.1, 0.15) is 28.4 Å². The average Bonchev–Trinajstić information content (AvgIpc) is 2.69. The van der Waals surface area contributed by atoms with Crippen molar-refractivity contribution in [3.63, 3.8) is 0 Å². The topological polar surface area (TPSA) is 67.8 Å². The number of rotatable bonds is 4. The van der Waals surface area contributed by atoms with Gasteiger partial charge in [-0.3, -0.25) is 14.8 Å². The summed E-state index contributed by atoms with van der Waals surface area (Å²) in [6.07, 6.45) is 3.37. The summed E-state index contributed by atoms with van der Waals surface area (Å²) in [4.78, 5) is 23.1. The molecule has 0 aliphatic heterocycles. The maximum atomic E-state index is 14.6. The van der Waals surface area contributed by atoms with Crippen LogP contribution in [0.25, 0.3) is 11.3 Å². The molecule has 3 rings (SSSR count). The highest BCUT2D eigenvalue weighted by atomic mass is 19.2. The van der Waals surface area contributed by atoms with Crippen molar-refractivity contribution in [2.45, 2.75) is 20.3 Å². The molecular formula is C19H13F5N4O. The lowest BCUT2D eigenvalue weighted by atomic mass is 9.97. The standard InChI is InChI=1S/C19H13F5N4O/c1-3-9-14(16(22)8(2)17(23)18(9)24)12-6-27-13(7-26-12)28-19(29)15-10(20)4-25-5-11(15)21/h4-7H,3H2,1-2H3,(H,27,28,29). The van der Waals surface area contributed by atoms with Gasteiger partial charge in [0.15, 0.2) is 29.1 Å². The number of hydrogen-bond acceptors (Lipinski definition) is 4. The number of nitrogens with zero attached hydrogens (tertiary/aromatic N) is 3. The molecule has 2 heterocycles. The largest absolute Gasteiger partial charge is 0.305 e. The van der Waals surface area contributed by atoms with E-state index in [-0.39, 0.29) is 29.1 Å². The van der Waals surface area contributed by atoms with Gasteiger partial charge in [0.1, 0.15) is 11.4 Å². The van der Waals surface area contributed by atoms with Crippen LogP contribution in [0.2, 0.25) is 0 Å². The van der Waals surface area contributed by atoms with E-state index in [1.54, 1.807) is 0 Å². The van der Waals surface area contributed by atoms with Crippen molar-refractivity contribution in [2.75, 3.05) is 5.32 Å². The van der Waals surface area contributed by atoms with Gasteiger partial charge < -0.3 is 5.32 Å². The molecule has 0 aliphatic rings. The Morgan fingerprint density at radius 2 is 1.59 bits per heavy atom. The molecule has 29 heavy (non-hydrogen) atoms. The highest BCUT2D eigenvalue weighted by molar-refractivity contribution is 6.04. The number of hydrogen-bond donors (Lipinski definition) is 1. The fraction of sp³-hybridized carbons (Fsp3) is 0.158. The smallest absolute Gasteiger partial charge is 0.262 e. The van der Waals surface area contributed by atoms with E-state index in [1.807, 2.05) is 0 Å². The van der Waals surface area contributed by atoms with Gasteiger partial charge in [-0.2, -0.15) is 0 Å². The zero-order valence-electron chi connectivity index (χ0n) is 15.2. The van der Waals surface area contributed by atoms with E-state index in [4.69, 9.17) is 0 Å². The van der Waals surface area contributed by atoms with Gasteiger partial charge in [0, 0.05) is 16.7 Å². The number of anilines is 1. The number of aromatic nitrogens is 3. The summed E-state index contributed by atoms with van der Waals surface area (Å²) in [5.41, 5.74) is -1.92. The molecule has 10 heteroatoms. The molecule has 1 N–H and O–H groups in total. The lowest BCUT2D eigenvalue weighted by Crippen LogP contribution is -2.17. The molecular weight excluding hydrogens is 395 g/mol. The van der Waals surface area contributed by atoms with E-state index < -0.39 is 46.1 Å². The van der Waals surface area contributed by atoms with Crippen molar-refractivity contribution in [1.29, 1.82) is 0 Å². The predicted octanol–water partition coefficient (Wildman–Crippen LogP) is 4.36. The molecule has 1 aromatic carbocycles. The van der Waals surface area contributed by atoms with Crippen molar-refractivity contribution in [3.05, 3.63) is 70.6 Å². The number of pyridine rings is 1. The summed E-state index contributed by atoms with van der Waals surface area (Å²) in [5, 5.41) is 2.15. The first kappa shape index (κ1) is 20.3. The Labute approximate surface area is 161 Å². The van der Waals surface area contributed by atoms with Gasteiger partial charge in [0.25, 0.3) is 5.91 Å². The minimum atomic E-state index is -1.28. The van der Waals surface area contributed by atoms with E-state index in [9.17, 15) is 26.7 Å². The zero-order valence-corrected chi connectivity index (χ0v) is 15.2. The molecule has 0 saturated carbocycles. The van der Waals surface area contributed by atoms with Crippen LogP contribution in [0.4, 0.5) is 27.8 Å². The Morgan fingerprint density at radius 3 is 2.14 bits per heavy atom. The van der Waals surface area contributed by atoms with Crippen molar-refractivity contribution in [3.8, 4) is 11.3 Å². The number of amides is 1. The number of carbonyl (C=O) groups excluding carboxylic acids is 1. The molecule has 0 atom stereocenters. The monoisotopic (exact) mass is 408 g/mol. The molecule has 0 bridgehead atoms. The second-order valence-corrected chi connectivity index (χ2v) is 5.99. The van der Waals surface area contributed by atoms with Crippen molar-refractivity contribution >= 4 is 11.7 Å². The second kappa shape index (κ2) is 7.90. The van der Waals surface area contributed by atoms with Gasteiger partial charge >= 0.3 is 0 Å². The highest BCUT2D eigenvalue weighted by Crippen LogP contribution is 2.32. The average molecular weight is 408 g/mol. The first-order chi connectivity index (χ1) is 13.8. The van der Waals surface area contributed by atoms with E-state index in [1.165, 1.54) is 6.92 Å². The first-order valence-corrected chi connectivity index (χ1v) is 8.34. The van der Waals surface area contributed by atoms with Gasteiger partial charge in [-0.25, -0.2) is 26.9 Å². The fourth-order valence-corrected chi connectivity index (χ4v) is 2.75. The third kappa shape index (κ3) is 3.65. The van der Waals surface area contributed by atoms with Crippen LogP contribution < -0.4 is 5.32 Å². The summed E-state index contributed by atoms with van der Waals surface area (Å²) in [6.45, 7) is 2.62. The van der Waals surface area contributed by atoms with Crippen molar-refractivity contribution in [2.24, 2.45) is 0 Å². The molecule has 0 radical (unpaired) electrons. The second-order valence-electron chi connectivity index (χ2n) is 5.99. The number of halogens is 5. The van der Waals surface area contributed by atoms with Crippen LogP contribution >= 0.6 is 0 Å². The van der Waals surface area contributed by atoms with Crippen LogP contribution in [0.15, 0.2) is 24.8 Å². The number of benzene rings is 1. The molecule has 0 saturated heterocycles. The first-order valence-electron chi connectivity index (χ1n) is 8.34. The van der Waals surface area contributed by atoms with Gasteiger partial charge in [0.05, 0.1) is 30.5 Å². The summed E-state index contributed by atoms with van der Waals surface area (Å²) in [6, 6.07) is 0. The maximum Gasteiger partial charge on any atom is 0.262 e. The third-order valence-electron chi connectivity index (χ3n) is 4.22. The predicted molar refractivity (Wildman–Crippen MR) is 93.6 cm³/mol. The van der Waals surface area contributed by atoms with Gasteiger partial charge in [-0.1, -0.05) is 6.92 Å². The van der Waals surface area contributed by atoms with E-state index in [2.05, 4.69) is 20.3 Å². The lowest BCUT2D eigenvalue weighted by molar-refractivity contribution is 0.101. The van der Waals surface area contributed by atoms with Crippen molar-refractivity contribution in [1.82, 2.24) is 15.0 Å². The van der Waals surface area contributed by atoms with Crippen LogP contribution in [-0.2, 0) is 6.42 Å². The quantitative estimate of drug-likeness (QED) is 0.515. The molecule has 150 valence electrons. The Bertz CT molecular complexity index is 1080. The minimum absolute atomic E-state index is 0.00392. The Kier molecular flexibility index (Phi) is 5.53. The van der Waals surface area contributed by atoms with Gasteiger partial charge in [-0.15, -0.1) is 0 Å². The zero-order chi connectivity index (χ0) is 21.3. The van der Waals surface area contributed by atoms with Gasteiger partial charge in [-0.05, 0) is 13.3 Å². The van der Waals surface area contributed by atoms with Gasteiger partial charge in [0.2, 0.25) is 0 Å². The normalized spacial score (nSPS) is 10.9. The van der Waals surface area contributed by atoms with Crippen LogP contribution in [0.5, 0.6) is 0 Å². The lowest BCUT2D eigenvalue weighted by Gasteiger charge is -2.13. The highest BCUT2D eigenvalue weighted by Gasteiger charge is 2.24. The van der Waals surface area contributed by atoms with E-state index >= 15 is 0 Å². The number of nitrogens with one attached hydrogen (secondary N) is 1. The van der Waals surface area contributed by atoms with Crippen LogP contribution in [-0.4, -0.2) is 20.9 Å². The van der Waals surface area contributed by atoms with Crippen molar-refractivity contribution < 1.29 is 26.7 Å². The molecule has 2 aromatic heterocycles. The van der Waals surface area contributed by atoms with E-state index in [0.29, 0.717) is 12.4 Å². The van der Waals surface area contributed by atoms with Crippen LogP contribution in [0, 0.1) is 36.0 Å². The summed E-state index contributed by atoms with van der Waals surface area (Å²) >= 11 is 0. The molecule has 3 aromatic rings. The molecule has 0 fully saturated rings. The molecule has 0 aliphatic carbocycles. The third-order valence-corrected chi connectivity index (χ3v) is 4.22. The number of carbonyl (C=O) groups is 1.